The number of hydrogen-bond acceptors (Lipinski definition) is 4. The van der Waals surface area contributed by atoms with E-state index in [0.29, 0.717) is 12.6 Å². The van der Waals surface area contributed by atoms with E-state index in [-0.39, 0.29) is 11.9 Å². The van der Waals surface area contributed by atoms with Crippen LogP contribution >= 0.6 is 0 Å². The van der Waals surface area contributed by atoms with Gasteiger partial charge in [-0.2, -0.15) is 0 Å². The smallest absolute Gasteiger partial charge is 0.309 e. The lowest BCUT2D eigenvalue weighted by atomic mass is 9.89. The molecule has 1 aromatic heterocycles. The molecule has 4 nitrogen and oxygen atoms in total. The van der Waals surface area contributed by atoms with Crippen LogP contribution < -0.4 is 4.90 Å². The summed E-state index contributed by atoms with van der Waals surface area (Å²) in [5.41, 5.74) is 2.25. The second-order valence-corrected chi connectivity index (χ2v) is 6.08. The van der Waals surface area contributed by atoms with Crippen molar-refractivity contribution in [2.24, 2.45) is 5.92 Å². The number of esters is 1. The number of anilines is 1. The van der Waals surface area contributed by atoms with Crippen molar-refractivity contribution in [1.82, 2.24) is 4.98 Å². The molecule has 122 valence electrons. The van der Waals surface area contributed by atoms with Gasteiger partial charge in [-0.1, -0.05) is 25.1 Å². The Balaban J connectivity index is 1.86. The van der Waals surface area contributed by atoms with E-state index in [1.807, 2.05) is 25.3 Å². The van der Waals surface area contributed by atoms with Crippen molar-refractivity contribution in [3.8, 4) is 0 Å². The van der Waals surface area contributed by atoms with Crippen LogP contribution in [0.15, 0.2) is 36.5 Å². The topological polar surface area (TPSA) is 42.4 Å². The molecule has 0 saturated carbocycles. The number of para-hydroxylation sites is 1. The quantitative estimate of drug-likeness (QED) is 0.806. The number of carbonyl (C=O) groups is 1. The third kappa shape index (κ3) is 3.16. The molecular formula is C19H24N2O2. The summed E-state index contributed by atoms with van der Waals surface area (Å²) in [5.74, 6) is -0.00515. The molecule has 1 aliphatic heterocycles. The summed E-state index contributed by atoms with van der Waals surface area (Å²) in [6, 6.07) is 10.7. The number of hydrogen-bond donors (Lipinski definition) is 0. The maximum absolute atomic E-state index is 12.1. The molecule has 23 heavy (non-hydrogen) atoms. The summed E-state index contributed by atoms with van der Waals surface area (Å²) in [4.78, 5) is 19.0. The number of carbonyl (C=O) groups excluding carboxylic acids is 1. The van der Waals surface area contributed by atoms with Crippen molar-refractivity contribution in [3.63, 3.8) is 0 Å². The van der Waals surface area contributed by atoms with E-state index in [9.17, 15) is 4.79 Å². The summed E-state index contributed by atoms with van der Waals surface area (Å²) >= 11 is 0. The standard InChI is InChI=1S/C19H24N2O2/c1-3-15-13-14(19(22)23-4-2)10-12-21(15)18-9-11-20-17-8-6-5-7-16(17)18/h5-9,11,14-15H,3-4,10,12-13H2,1-2H3. The minimum atomic E-state index is -0.0369. The first-order valence-corrected chi connectivity index (χ1v) is 8.51. The minimum Gasteiger partial charge on any atom is -0.466 e. The van der Waals surface area contributed by atoms with Crippen molar-refractivity contribution >= 4 is 22.6 Å². The number of rotatable bonds is 4. The van der Waals surface area contributed by atoms with Gasteiger partial charge in [0.15, 0.2) is 0 Å². The molecule has 0 N–H and O–H groups in total. The average molecular weight is 312 g/mol. The number of pyridine rings is 1. The predicted molar refractivity (Wildman–Crippen MR) is 92.5 cm³/mol. The Kier molecular flexibility index (Phi) is 4.79. The van der Waals surface area contributed by atoms with E-state index in [1.54, 1.807) is 0 Å². The molecule has 0 amide bonds. The number of aromatic nitrogens is 1. The van der Waals surface area contributed by atoms with Crippen molar-refractivity contribution in [2.75, 3.05) is 18.1 Å². The zero-order chi connectivity index (χ0) is 16.2. The van der Waals surface area contributed by atoms with Crippen molar-refractivity contribution < 1.29 is 9.53 Å². The van der Waals surface area contributed by atoms with Gasteiger partial charge in [-0.05, 0) is 38.3 Å². The van der Waals surface area contributed by atoms with E-state index < -0.39 is 0 Å². The molecule has 1 saturated heterocycles. The average Bonchev–Trinajstić information content (AvgIpc) is 2.61. The lowest BCUT2D eigenvalue weighted by molar-refractivity contribution is -0.149. The summed E-state index contributed by atoms with van der Waals surface area (Å²) < 4.78 is 5.22. The van der Waals surface area contributed by atoms with Crippen LogP contribution in [0.4, 0.5) is 5.69 Å². The molecule has 1 aliphatic rings. The Morgan fingerprint density at radius 1 is 1.30 bits per heavy atom. The van der Waals surface area contributed by atoms with E-state index in [1.165, 1.54) is 11.1 Å². The van der Waals surface area contributed by atoms with Gasteiger partial charge in [-0.3, -0.25) is 9.78 Å². The maximum atomic E-state index is 12.1. The molecule has 0 aliphatic carbocycles. The zero-order valence-electron chi connectivity index (χ0n) is 13.9. The lowest BCUT2D eigenvalue weighted by Crippen LogP contribution is -2.44. The highest BCUT2D eigenvalue weighted by Crippen LogP contribution is 2.34. The van der Waals surface area contributed by atoms with Crippen LogP contribution in [-0.2, 0) is 9.53 Å². The first kappa shape index (κ1) is 15.8. The van der Waals surface area contributed by atoms with E-state index in [2.05, 4.69) is 35.0 Å². The van der Waals surface area contributed by atoms with Crippen LogP contribution in [0, 0.1) is 5.92 Å². The van der Waals surface area contributed by atoms with Gasteiger partial charge >= 0.3 is 5.97 Å². The van der Waals surface area contributed by atoms with E-state index >= 15 is 0 Å². The second-order valence-electron chi connectivity index (χ2n) is 6.08. The normalized spacial score (nSPS) is 21.4. The highest BCUT2D eigenvalue weighted by Gasteiger charge is 2.32. The summed E-state index contributed by atoms with van der Waals surface area (Å²) in [5, 5.41) is 1.18. The van der Waals surface area contributed by atoms with Crippen LogP contribution in [0.25, 0.3) is 10.9 Å². The largest absolute Gasteiger partial charge is 0.466 e. The van der Waals surface area contributed by atoms with Gasteiger partial charge in [0.2, 0.25) is 0 Å². The van der Waals surface area contributed by atoms with Crippen LogP contribution in [0.1, 0.15) is 33.1 Å². The summed E-state index contributed by atoms with van der Waals surface area (Å²) in [6.07, 6.45) is 4.62. The molecule has 2 heterocycles. The van der Waals surface area contributed by atoms with Crippen molar-refractivity contribution in [2.45, 2.75) is 39.2 Å². The van der Waals surface area contributed by atoms with Gasteiger partial charge in [0, 0.05) is 29.9 Å². The first-order valence-electron chi connectivity index (χ1n) is 8.51. The third-order valence-corrected chi connectivity index (χ3v) is 4.74. The van der Waals surface area contributed by atoms with Gasteiger partial charge in [-0.25, -0.2) is 0 Å². The Morgan fingerprint density at radius 3 is 2.91 bits per heavy atom. The lowest BCUT2D eigenvalue weighted by Gasteiger charge is -2.40. The van der Waals surface area contributed by atoms with Crippen molar-refractivity contribution in [3.05, 3.63) is 36.5 Å². The molecule has 4 heteroatoms. The number of benzene rings is 1. The number of ether oxygens (including phenoxy) is 1. The Hall–Kier alpha value is -2.10. The number of fused-ring (bicyclic) bond motifs is 1. The molecule has 2 unspecified atom stereocenters. The van der Waals surface area contributed by atoms with Crippen LogP contribution in [-0.4, -0.2) is 30.1 Å². The molecule has 2 atom stereocenters. The molecular weight excluding hydrogens is 288 g/mol. The molecule has 0 spiro atoms. The second kappa shape index (κ2) is 6.99. The van der Waals surface area contributed by atoms with Gasteiger partial charge in [0.25, 0.3) is 0 Å². The highest BCUT2D eigenvalue weighted by molar-refractivity contribution is 5.91. The van der Waals surface area contributed by atoms with Crippen LogP contribution in [0.5, 0.6) is 0 Å². The Bertz CT molecular complexity index is 681. The van der Waals surface area contributed by atoms with Gasteiger partial charge in [0.1, 0.15) is 0 Å². The minimum absolute atomic E-state index is 0.0317. The molecule has 0 radical (unpaired) electrons. The van der Waals surface area contributed by atoms with Gasteiger partial charge < -0.3 is 9.64 Å². The first-order chi connectivity index (χ1) is 11.2. The van der Waals surface area contributed by atoms with Crippen LogP contribution in [0.3, 0.4) is 0 Å². The molecule has 3 rings (SSSR count). The summed E-state index contributed by atoms with van der Waals surface area (Å²) in [7, 11) is 0. The van der Waals surface area contributed by atoms with Gasteiger partial charge in [-0.15, -0.1) is 0 Å². The number of piperidine rings is 1. The maximum Gasteiger partial charge on any atom is 0.309 e. The molecule has 1 fully saturated rings. The fourth-order valence-corrected chi connectivity index (χ4v) is 3.56. The van der Waals surface area contributed by atoms with Crippen molar-refractivity contribution in [1.29, 1.82) is 0 Å². The zero-order valence-corrected chi connectivity index (χ0v) is 13.9. The highest BCUT2D eigenvalue weighted by atomic mass is 16.5. The van der Waals surface area contributed by atoms with E-state index in [0.717, 1.165) is 31.3 Å². The number of nitrogens with zero attached hydrogens (tertiary/aromatic N) is 2. The fraction of sp³-hybridized carbons (Fsp3) is 0.474. The van der Waals surface area contributed by atoms with Crippen LogP contribution in [0.2, 0.25) is 0 Å². The SMILES string of the molecule is CCOC(=O)C1CCN(c2ccnc3ccccc23)C(CC)C1. The fourth-order valence-electron chi connectivity index (χ4n) is 3.56. The monoisotopic (exact) mass is 312 g/mol. The third-order valence-electron chi connectivity index (χ3n) is 4.74. The molecule has 0 bridgehead atoms. The van der Waals surface area contributed by atoms with Gasteiger partial charge in [0.05, 0.1) is 18.0 Å². The Labute approximate surface area is 137 Å². The molecule has 2 aromatic rings. The summed E-state index contributed by atoms with van der Waals surface area (Å²) in [6.45, 7) is 5.41. The molecule has 1 aromatic carbocycles. The van der Waals surface area contributed by atoms with E-state index in [4.69, 9.17) is 4.74 Å². The predicted octanol–water partition coefficient (Wildman–Crippen LogP) is 3.79. The Morgan fingerprint density at radius 2 is 2.13 bits per heavy atom.